The number of guanidine groups is 1. The highest BCUT2D eigenvalue weighted by atomic mass is 16.4. The Labute approximate surface area is 230 Å². The van der Waals surface area contributed by atoms with Crippen molar-refractivity contribution in [1.82, 2.24) is 16.0 Å². The minimum atomic E-state index is -1.59. The number of aliphatic hydroxyl groups is 1. The molecular weight excluding hydrogens is 528 g/mol. The summed E-state index contributed by atoms with van der Waals surface area (Å²) in [4.78, 5) is 65.1. The summed E-state index contributed by atoms with van der Waals surface area (Å²) in [5.41, 5.74) is 21.9. The Kier molecular flexibility index (Phi) is 13.9. The number of benzene rings is 1. The van der Waals surface area contributed by atoms with Crippen molar-refractivity contribution in [2.75, 3.05) is 6.54 Å². The van der Waals surface area contributed by atoms with Crippen molar-refractivity contribution in [1.29, 1.82) is 0 Å². The topological polar surface area (TPSA) is 299 Å². The first kappa shape index (κ1) is 33.6. The van der Waals surface area contributed by atoms with E-state index in [1.807, 2.05) is 0 Å². The molecule has 0 aliphatic rings. The van der Waals surface area contributed by atoms with Crippen LogP contribution in [-0.2, 0) is 30.4 Å². The molecule has 4 amide bonds. The van der Waals surface area contributed by atoms with E-state index in [9.17, 15) is 39.3 Å². The number of carboxylic acid groups (broad SMARTS) is 1. The lowest BCUT2D eigenvalue weighted by Gasteiger charge is -2.26. The predicted molar refractivity (Wildman–Crippen MR) is 143 cm³/mol. The number of nitrogens with two attached hydrogens (primary N) is 4. The maximum atomic E-state index is 13.2. The van der Waals surface area contributed by atoms with Gasteiger partial charge in [-0.1, -0.05) is 12.1 Å². The second-order valence-electron chi connectivity index (χ2n) is 9.12. The van der Waals surface area contributed by atoms with E-state index >= 15 is 0 Å². The summed E-state index contributed by atoms with van der Waals surface area (Å²) in [6.45, 7) is 1.34. The first-order chi connectivity index (χ1) is 18.7. The predicted octanol–water partition coefficient (Wildman–Crippen LogP) is -3.50. The molecule has 0 aromatic heterocycles. The molecular formula is C24H38N8O8. The second kappa shape index (κ2) is 16.5. The molecule has 0 spiro atoms. The van der Waals surface area contributed by atoms with Crippen LogP contribution in [0.15, 0.2) is 29.3 Å². The molecule has 0 radical (unpaired) electrons. The number of amides is 4. The van der Waals surface area contributed by atoms with Gasteiger partial charge in [0.15, 0.2) is 5.96 Å². The molecule has 16 nitrogen and oxygen atoms in total. The monoisotopic (exact) mass is 566 g/mol. The Morgan fingerprint density at radius 1 is 0.900 bits per heavy atom. The molecule has 14 N–H and O–H groups in total. The summed E-state index contributed by atoms with van der Waals surface area (Å²) >= 11 is 0. The number of nitrogens with one attached hydrogen (secondary N) is 3. The quantitative estimate of drug-likeness (QED) is 0.0501. The highest BCUT2D eigenvalue weighted by molar-refractivity contribution is 5.94. The first-order valence-corrected chi connectivity index (χ1v) is 12.4. The summed E-state index contributed by atoms with van der Waals surface area (Å²) in [5.74, 6) is -4.85. The number of aliphatic carboxylic acids is 1. The lowest BCUT2D eigenvalue weighted by atomic mass is 10.0. The average molecular weight is 567 g/mol. The van der Waals surface area contributed by atoms with Gasteiger partial charge in [0.05, 0.1) is 12.1 Å². The van der Waals surface area contributed by atoms with Crippen LogP contribution in [0.4, 0.5) is 0 Å². The van der Waals surface area contributed by atoms with Crippen molar-refractivity contribution in [2.45, 2.75) is 69.3 Å². The lowest BCUT2D eigenvalue weighted by Crippen LogP contribution is -2.60. The van der Waals surface area contributed by atoms with E-state index in [1.54, 1.807) is 0 Å². The summed E-state index contributed by atoms with van der Waals surface area (Å²) in [7, 11) is 0. The largest absolute Gasteiger partial charge is 0.508 e. The molecule has 0 aliphatic carbocycles. The van der Waals surface area contributed by atoms with E-state index in [1.165, 1.54) is 31.2 Å². The highest BCUT2D eigenvalue weighted by Crippen LogP contribution is 2.12. The third-order valence-electron chi connectivity index (χ3n) is 5.67. The van der Waals surface area contributed by atoms with Crippen LogP contribution < -0.4 is 38.9 Å². The summed E-state index contributed by atoms with van der Waals surface area (Å²) in [6, 6.07) is 0.326. The molecule has 0 fully saturated rings. The molecule has 40 heavy (non-hydrogen) atoms. The molecule has 5 atom stereocenters. The average Bonchev–Trinajstić information content (AvgIpc) is 2.87. The highest BCUT2D eigenvalue weighted by Gasteiger charge is 2.32. The zero-order valence-electron chi connectivity index (χ0n) is 22.1. The van der Waals surface area contributed by atoms with E-state index in [4.69, 9.17) is 22.9 Å². The maximum absolute atomic E-state index is 13.2. The number of aliphatic hydroxyl groups excluding tert-OH is 1. The summed E-state index contributed by atoms with van der Waals surface area (Å²) < 4.78 is 0. The van der Waals surface area contributed by atoms with Gasteiger partial charge < -0.3 is 54.2 Å². The Balaban J connectivity index is 3.05. The third-order valence-corrected chi connectivity index (χ3v) is 5.67. The van der Waals surface area contributed by atoms with E-state index < -0.39 is 59.9 Å². The zero-order chi connectivity index (χ0) is 30.4. The number of carboxylic acids is 1. The number of primary amides is 1. The number of aromatic hydroxyl groups is 1. The number of carbonyl (C=O) groups is 5. The fraction of sp³-hybridized carbons (Fsp3) is 0.500. The maximum Gasteiger partial charge on any atom is 0.326 e. The third kappa shape index (κ3) is 12.4. The van der Waals surface area contributed by atoms with Gasteiger partial charge in [-0.25, -0.2) is 4.79 Å². The Bertz CT molecular complexity index is 1060. The molecule has 0 saturated carbocycles. The molecule has 0 bridgehead atoms. The number of aliphatic imine (C=N–C) groups is 1. The van der Waals surface area contributed by atoms with Crippen molar-refractivity contribution in [3.05, 3.63) is 29.8 Å². The van der Waals surface area contributed by atoms with E-state index in [0.717, 1.165) is 0 Å². The molecule has 0 heterocycles. The van der Waals surface area contributed by atoms with Crippen molar-refractivity contribution in [3.63, 3.8) is 0 Å². The van der Waals surface area contributed by atoms with Gasteiger partial charge >= 0.3 is 5.97 Å². The van der Waals surface area contributed by atoms with E-state index in [2.05, 4.69) is 20.9 Å². The normalized spacial score (nSPS) is 14.5. The fourth-order valence-corrected chi connectivity index (χ4v) is 3.47. The first-order valence-electron chi connectivity index (χ1n) is 12.4. The van der Waals surface area contributed by atoms with Crippen molar-refractivity contribution in [3.8, 4) is 5.75 Å². The minimum Gasteiger partial charge on any atom is -0.508 e. The fourth-order valence-electron chi connectivity index (χ4n) is 3.47. The van der Waals surface area contributed by atoms with Gasteiger partial charge in [0, 0.05) is 19.4 Å². The van der Waals surface area contributed by atoms with Crippen molar-refractivity contribution in [2.24, 2.45) is 27.9 Å². The number of carbonyl (C=O) groups excluding carboxylic acids is 4. The molecule has 0 saturated heterocycles. The van der Waals surface area contributed by atoms with Crippen LogP contribution in [0, 0.1) is 0 Å². The number of phenols is 1. The van der Waals surface area contributed by atoms with Gasteiger partial charge in [-0.05, 0) is 43.9 Å². The van der Waals surface area contributed by atoms with Crippen LogP contribution in [-0.4, -0.2) is 87.7 Å². The van der Waals surface area contributed by atoms with Crippen molar-refractivity contribution < 1.29 is 39.3 Å². The lowest BCUT2D eigenvalue weighted by molar-refractivity contribution is -0.143. The van der Waals surface area contributed by atoms with Gasteiger partial charge in [0.25, 0.3) is 0 Å². The molecule has 16 heteroatoms. The summed E-state index contributed by atoms with van der Waals surface area (Å²) in [6.07, 6.45) is -1.62. The van der Waals surface area contributed by atoms with Crippen LogP contribution in [0.25, 0.3) is 0 Å². The van der Waals surface area contributed by atoms with E-state index in [-0.39, 0.29) is 50.4 Å². The number of rotatable bonds is 17. The summed E-state index contributed by atoms with van der Waals surface area (Å²) in [5, 5.41) is 36.3. The minimum absolute atomic E-state index is 0.0283. The molecule has 1 aromatic rings. The van der Waals surface area contributed by atoms with Gasteiger partial charge in [-0.2, -0.15) is 0 Å². The van der Waals surface area contributed by atoms with E-state index in [0.29, 0.717) is 5.56 Å². The zero-order valence-corrected chi connectivity index (χ0v) is 22.1. The van der Waals surface area contributed by atoms with Crippen molar-refractivity contribution >= 4 is 35.6 Å². The molecule has 222 valence electrons. The van der Waals surface area contributed by atoms with Crippen LogP contribution in [0.3, 0.4) is 0 Å². The van der Waals surface area contributed by atoms with Crippen LogP contribution in [0.5, 0.6) is 5.75 Å². The molecule has 1 aromatic carbocycles. The number of hydrogen-bond donors (Lipinski definition) is 10. The molecule has 5 unspecified atom stereocenters. The van der Waals surface area contributed by atoms with Crippen LogP contribution >= 0.6 is 0 Å². The molecule has 0 aliphatic heterocycles. The Morgan fingerprint density at radius 2 is 1.50 bits per heavy atom. The second-order valence-corrected chi connectivity index (χ2v) is 9.12. The SMILES string of the molecule is CC(O)C(NC(=O)C(Cc1ccc(O)cc1)NC(=O)C(N)CCC(N)=O)C(=O)NC(CCCN=C(N)N)C(=O)O. The smallest absolute Gasteiger partial charge is 0.326 e. The van der Waals surface area contributed by atoms with Gasteiger partial charge in [0.1, 0.15) is 23.9 Å². The van der Waals surface area contributed by atoms with Gasteiger partial charge in [0.2, 0.25) is 23.6 Å². The van der Waals surface area contributed by atoms with Gasteiger partial charge in [-0.15, -0.1) is 0 Å². The van der Waals surface area contributed by atoms with Crippen LogP contribution in [0.1, 0.15) is 38.2 Å². The molecule has 1 rings (SSSR count). The van der Waals surface area contributed by atoms with Crippen LogP contribution in [0.2, 0.25) is 0 Å². The Hall–Kier alpha value is -4.44. The number of nitrogens with zero attached hydrogens (tertiary/aromatic N) is 1. The Morgan fingerprint density at radius 3 is 2.02 bits per heavy atom. The number of phenolic OH excluding ortho intramolecular Hbond substituents is 1. The number of hydrogen-bond acceptors (Lipinski definition) is 9. The van der Waals surface area contributed by atoms with Gasteiger partial charge in [-0.3, -0.25) is 24.2 Å². The standard InChI is InChI=1S/C24H38N8O8/c1-12(33)19(22(38)30-16(23(39)40)3-2-10-29-24(27)28)32-21(37)17(11-13-4-6-14(34)7-5-13)31-20(36)15(25)8-9-18(26)35/h4-7,12,15-17,19,33-34H,2-3,8-11,25H2,1H3,(H2,26,35)(H,30,38)(H,31,36)(H,32,37)(H,39,40)(H4,27,28,29).